The second-order valence-electron chi connectivity index (χ2n) is 6.22. The van der Waals surface area contributed by atoms with Crippen LogP contribution in [-0.4, -0.2) is 63.3 Å². The van der Waals surface area contributed by atoms with Gasteiger partial charge in [0.25, 0.3) is 0 Å². The molecule has 0 aromatic rings. The van der Waals surface area contributed by atoms with E-state index in [2.05, 4.69) is 29.5 Å². The average molecular weight is 283 g/mol. The Morgan fingerprint density at radius 1 is 1.40 bits per heavy atom. The maximum atomic E-state index is 12.3. The number of nitrogens with zero attached hydrogens (tertiary/aromatic N) is 1. The molecule has 2 heterocycles. The van der Waals surface area contributed by atoms with Crippen molar-refractivity contribution in [3.8, 4) is 0 Å². The molecule has 0 bridgehead atoms. The molecule has 0 radical (unpaired) electrons. The number of piperidine rings is 1. The van der Waals surface area contributed by atoms with Crippen molar-refractivity contribution in [2.75, 3.05) is 46.4 Å². The number of carbonyl (C=O) groups excluding carboxylic acids is 1. The molecule has 3 atom stereocenters. The van der Waals surface area contributed by atoms with E-state index in [1.165, 1.54) is 19.4 Å². The van der Waals surface area contributed by atoms with Crippen LogP contribution >= 0.6 is 0 Å². The highest BCUT2D eigenvalue weighted by molar-refractivity contribution is 5.79. The SMILES string of the molecule is CCCNC1COCC1C(=O)NCC1CCCN(C)C1. The zero-order valence-electron chi connectivity index (χ0n) is 12.9. The van der Waals surface area contributed by atoms with Crippen LogP contribution < -0.4 is 10.6 Å². The first-order chi connectivity index (χ1) is 9.70. The van der Waals surface area contributed by atoms with Crippen LogP contribution in [-0.2, 0) is 9.53 Å². The van der Waals surface area contributed by atoms with Crippen LogP contribution in [0.25, 0.3) is 0 Å². The van der Waals surface area contributed by atoms with Crippen molar-refractivity contribution in [1.82, 2.24) is 15.5 Å². The summed E-state index contributed by atoms with van der Waals surface area (Å²) in [6.07, 6.45) is 3.55. The van der Waals surface area contributed by atoms with Gasteiger partial charge in [-0.25, -0.2) is 0 Å². The van der Waals surface area contributed by atoms with Crippen molar-refractivity contribution < 1.29 is 9.53 Å². The van der Waals surface area contributed by atoms with Crippen molar-refractivity contribution in [3.63, 3.8) is 0 Å². The molecule has 2 N–H and O–H groups in total. The van der Waals surface area contributed by atoms with Crippen LogP contribution in [0.5, 0.6) is 0 Å². The van der Waals surface area contributed by atoms with Crippen molar-refractivity contribution in [2.45, 2.75) is 32.2 Å². The molecular weight excluding hydrogens is 254 g/mol. The van der Waals surface area contributed by atoms with E-state index in [9.17, 15) is 4.79 Å². The molecule has 1 amide bonds. The summed E-state index contributed by atoms with van der Waals surface area (Å²) in [7, 11) is 2.16. The van der Waals surface area contributed by atoms with Gasteiger partial charge in [0.05, 0.1) is 19.1 Å². The molecule has 2 aliphatic rings. The molecule has 3 unspecified atom stereocenters. The second kappa shape index (κ2) is 7.96. The summed E-state index contributed by atoms with van der Waals surface area (Å²) in [5.41, 5.74) is 0. The van der Waals surface area contributed by atoms with Gasteiger partial charge in [-0.2, -0.15) is 0 Å². The molecule has 2 saturated heterocycles. The number of ether oxygens (including phenoxy) is 1. The van der Waals surface area contributed by atoms with Gasteiger partial charge in [-0.3, -0.25) is 4.79 Å². The first-order valence-corrected chi connectivity index (χ1v) is 7.98. The molecule has 0 aliphatic carbocycles. The minimum absolute atomic E-state index is 0.0251. The maximum Gasteiger partial charge on any atom is 0.227 e. The normalized spacial score (nSPS) is 31.4. The van der Waals surface area contributed by atoms with Gasteiger partial charge in [-0.1, -0.05) is 6.92 Å². The van der Waals surface area contributed by atoms with Crippen LogP contribution in [0.3, 0.4) is 0 Å². The van der Waals surface area contributed by atoms with E-state index in [1.54, 1.807) is 0 Å². The third kappa shape index (κ3) is 4.43. The molecule has 2 fully saturated rings. The van der Waals surface area contributed by atoms with Gasteiger partial charge in [0.1, 0.15) is 0 Å². The molecule has 5 nitrogen and oxygen atoms in total. The third-order valence-electron chi connectivity index (χ3n) is 4.36. The van der Waals surface area contributed by atoms with Gasteiger partial charge in [0.2, 0.25) is 5.91 Å². The molecule has 116 valence electrons. The number of rotatable bonds is 6. The summed E-state index contributed by atoms with van der Waals surface area (Å²) in [5, 5.41) is 6.55. The van der Waals surface area contributed by atoms with E-state index in [0.29, 0.717) is 19.1 Å². The summed E-state index contributed by atoms with van der Waals surface area (Å²) in [5.74, 6) is 0.731. The summed E-state index contributed by atoms with van der Waals surface area (Å²) < 4.78 is 5.47. The van der Waals surface area contributed by atoms with Crippen molar-refractivity contribution in [2.24, 2.45) is 11.8 Å². The largest absolute Gasteiger partial charge is 0.379 e. The van der Waals surface area contributed by atoms with Gasteiger partial charge < -0.3 is 20.3 Å². The van der Waals surface area contributed by atoms with E-state index in [4.69, 9.17) is 4.74 Å². The van der Waals surface area contributed by atoms with Crippen molar-refractivity contribution >= 4 is 5.91 Å². The highest BCUT2D eigenvalue weighted by atomic mass is 16.5. The summed E-state index contributed by atoms with van der Waals surface area (Å²) in [4.78, 5) is 14.7. The van der Waals surface area contributed by atoms with Gasteiger partial charge in [0, 0.05) is 19.1 Å². The highest BCUT2D eigenvalue weighted by Crippen LogP contribution is 2.16. The first-order valence-electron chi connectivity index (χ1n) is 7.98. The number of hydrogen-bond donors (Lipinski definition) is 2. The Kier molecular flexibility index (Phi) is 6.26. The van der Waals surface area contributed by atoms with Crippen LogP contribution in [0.15, 0.2) is 0 Å². The fourth-order valence-corrected chi connectivity index (χ4v) is 3.16. The van der Waals surface area contributed by atoms with Crippen molar-refractivity contribution in [3.05, 3.63) is 0 Å². The number of likely N-dealkylation sites (tertiary alicyclic amines) is 1. The fourth-order valence-electron chi connectivity index (χ4n) is 3.16. The van der Waals surface area contributed by atoms with E-state index < -0.39 is 0 Å². The Morgan fingerprint density at radius 3 is 3.00 bits per heavy atom. The fraction of sp³-hybridized carbons (Fsp3) is 0.933. The molecular formula is C15H29N3O2. The van der Waals surface area contributed by atoms with Gasteiger partial charge in [-0.15, -0.1) is 0 Å². The number of carbonyl (C=O) groups is 1. The Morgan fingerprint density at radius 2 is 2.25 bits per heavy atom. The Bertz CT molecular complexity index is 311. The first kappa shape index (κ1) is 15.7. The molecule has 0 aromatic carbocycles. The second-order valence-corrected chi connectivity index (χ2v) is 6.22. The van der Waals surface area contributed by atoms with Crippen LogP contribution in [0.1, 0.15) is 26.2 Å². The predicted octanol–water partition coefficient (Wildman–Crippen LogP) is 0.459. The standard InChI is InChI=1S/C15H29N3O2/c1-3-6-16-14-11-20-10-13(14)15(19)17-8-12-5-4-7-18(2)9-12/h12-14,16H,3-11H2,1-2H3,(H,17,19). The number of amides is 1. The zero-order valence-corrected chi connectivity index (χ0v) is 12.9. The zero-order chi connectivity index (χ0) is 14.4. The molecule has 20 heavy (non-hydrogen) atoms. The minimum Gasteiger partial charge on any atom is -0.379 e. The van der Waals surface area contributed by atoms with E-state index in [0.717, 1.165) is 26.1 Å². The predicted molar refractivity (Wildman–Crippen MR) is 79.6 cm³/mol. The van der Waals surface area contributed by atoms with Crippen LogP contribution in [0.2, 0.25) is 0 Å². The van der Waals surface area contributed by atoms with Gasteiger partial charge >= 0.3 is 0 Å². The Balaban J connectivity index is 1.73. The minimum atomic E-state index is -0.0251. The summed E-state index contributed by atoms with van der Waals surface area (Å²) >= 11 is 0. The average Bonchev–Trinajstić information content (AvgIpc) is 2.91. The monoisotopic (exact) mass is 283 g/mol. The van der Waals surface area contributed by atoms with E-state index in [-0.39, 0.29) is 17.9 Å². The molecule has 0 aromatic heterocycles. The van der Waals surface area contributed by atoms with Crippen molar-refractivity contribution in [1.29, 1.82) is 0 Å². The smallest absolute Gasteiger partial charge is 0.227 e. The molecule has 2 aliphatic heterocycles. The summed E-state index contributed by atoms with van der Waals surface area (Å²) in [6, 6.07) is 0.184. The van der Waals surface area contributed by atoms with Gasteiger partial charge in [0.15, 0.2) is 0 Å². The van der Waals surface area contributed by atoms with Gasteiger partial charge in [-0.05, 0) is 45.3 Å². The number of nitrogens with one attached hydrogen (secondary N) is 2. The van der Waals surface area contributed by atoms with Crippen LogP contribution in [0.4, 0.5) is 0 Å². The number of hydrogen-bond acceptors (Lipinski definition) is 4. The molecule has 2 rings (SSSR count). The van der Waals surface area contributed by atoms with Crippen LogP contribution in [0, 0.1) is 11.8 Å². The summed E-state index contributed by atoms with van der Waals surface area (Å²) in [6.45, 7) is 7.38. The lowest BCUT2D eigenvalue weighted by Gasteiger charge is -2.30. The van der Waals surface area contributed by atoms with E-state index >= 15 is 0 Å². The quantitative estimate of drug-likeness (QED) is 0.743. The highest BCUT2D eigenvalue weighted by Gasteiger charge is 2.33. The van der Waals surface area contributed by atoms with E-state index in [1.807, 2.05) is 0 Å². The molecule has 0 saturated carbocycles. The molecule has 0 spiro atoms. The lowest BCUT2D eigenvalue weighted by molar-refractivity contribution is -0.125. The third-order valence-corrected chi connectivity index (χ3v) is 4.36. The topological polar surface area (TPSA) is 53.6 Å². The molecule has 5 heteroatoms. The Hall–Kier alpha value is -0.650. The maximum absolute atomic E-state index is 12.3. The lowest BCUT2D eigenvalue weighted by atomic mass is 9.97. The Labute approximate surface area is 122 Å². The lowest BCUT2D eigenvalue weighted by Crippen LogP contribution is -2.46.